The van der Waals surface area contributed by atoms with Crippen molar-refractivity contribution in [2.24, 2.45) is 17.6 Å². The first kappa shape index (κ1) is 13.6. The number of sulfonamides is 1. The van der Waals surface area contributed by atoms with E-state index < -0.39 is 22.2 Å². The summed E-state index contributed by atoms with van der Waals surface area (Å²) in [6.07, 6.45) is 2.45. The Morgan fingerprint density at radius 2 is 2.19 bits per heavy atom. The van der Waals surface area contributed by atoms with Gasteiger partial charge in [-0.3, -0.25) is 0 Å². The van der Waals surface area contributed by atoms with Crippen molar-refractivity contribution in [3.63, 3.8) is 0 Å². The SMILES string of the molecule is C=CC1CC(CN)CC(F)C1NS(C)(=O)=O. The number of hydrogen-bond donors (Lipinski definition) is 2. The molecule has 0 aromatic carbocycles. The summed E-state index contributed by atoms with van der Waals surface area (Å²) in [5.74, 6) is -0.0809. The molecule has 1 aliphatic carbocycles. The van der Waals surface area contributed by atoms with Crippen molar-refractivity contribution in [3.8, 4) is 0 Å². The van der Waals surface area contributed by atoms with E-state index in [9.17, 15) is 12.8 Å². The van der Waals surface area contributed by atoms with Gasteiger partial charge in [-0.25, -0.2) is 17.5 Å². The van der Waals surface area contributed by atoms with E-state index in [2.05, 4.69) is 11.3 Å². The van der Waals surface area contributed by atoms with Crippen LogP contribution in [-0.2, 0) is 10.0 Å². The van der Waals surface area contributed by atoms with Crippen molar-refractivity contribution < 1.29 is 12.8 Å². The lowest BCUT2D eigenvalue weighted by molar-refractivity contribution is 0.133. The average Bonchev–Trinajstić information content (AvgIpc) is 2.19. The van der Waals surface area contributed by atoms with Gasteiger partial charge in [0.15, 0.2) is 0 Å². The Morgan fingerprint density at radius 3 is 2.62 bits per heavy atom. The average molecular weight is 250 g/mol. The Kier molecular flexibility index (Phi) is 4.46. The monoisotopic (exact) mass is 250 g/mol. The summed E-state index contributed by atoms with van der Waals surface area (Å²) in [7, 11) is -3.39. The smallest absolute Gasteiger partial charge is 0.209 e. The molecule has 6 heteroatoms. The first-order valence-electron chi connectivity index (χ1n) is 5.31. The van der Waals surface area contributed by atoms with Crippen molar-refractivity contribution in [2.75, 3.05) is 12.8 Å². The predicted molar refractivity (Wildman–Crippen MR) is 62.1 cm³/mol. The Bertz CT molecular complexity index is 345. The first-order chi connectivity index (χ1) is 7.37. The highest BCUT2D eigenvalue weighted by atomic mass is 32.2. The van der Waals surface area contributed by atoms with Crippen LogP contribution in [0, 0.1) is 11.8 Å². The van der Waals surface area contributed by atoms with Crippen molar-refractivity contribution in [1.82, 2.24) is 4.72 Å². The number of rotatable bonds is 4. The molecule has 4 unspecified atom stereocenters. The van der Waals surface area contributed by atoms with Crippen molar-refractivity contribution in [2.45, 2.75) is 25.1 Å². The third-order valence-corrected chi connectivity index (χ3v) is 3.70. The highest BCUT2D eigenvalue weighted by molar-refractivity contribution is 7.88. The summed E-state index contributed by atoms with van der Waals surface area (Å²) in [5.41, 5.74) is 5.52. The van der Waals surface area contributed by atoms with Crippen LogP contribution in [0.5, 0.6) is 0 Å². The molecular formula is C10H19FN2O2S. The summed E-state index contributed by atoms with van der Waals surface area (Å²) in [4.78, 5) is 0. The van der Waals surface area contributed by atoms with Crippen LogP contribution in [0.1, 0.15) is 12.8 Å². The van der Waals surface area contributed by atoms with Crippen LogP contribution in [0.2, 0.25) is 0 Å². The maximum Gasteiger partial charge on any atom is 0.209 e. The van der Waals surface area contributed by atoms with Crippen LogP contribution in [0.15, 0.2) is 12.7 Å². The molecule has 94 valence electrons. The third-order valence-electron chi connectivity index (χ3n) is 3.00. The van der Waals surface area contributed by atoms with Crippen molar-refractivity contribution in [3.05, 3.63) is 12.7 Å². The van der Waals surface area contributed by atoms with E-state index in [4.69, 9.17) is 5.73 Å². The molecule has 0 aromatic heterocycles. The van der Waals surface area contributed by atoms with Gasteiger partial charge >= 0.3 is 0 Å². The van der Waals surface area contributed by atoms with Gasteiger partial charge in [0.1, 0.15) is 6.17 Å². The molecule has 0 aromatic rings. The fourth-order valence-corrected chi connectivity index (χ4v) is 3.02. The molecule has 0 spiro atoms. The van der Waals surface area contributed by atoms with Gasteiger partial charge in [0, 0.05) is 0 Å². The molecule has 1 fully saturated rings. The van der Waals surface area contributed by atoms with Crippen LogP contribution in [0.4, 0.5) is 4.39 Å². The maximum absolute atomic E-state index is 13.8. The Hall–Kier alpha value is -0.460. The van der Waals surface area contributed by atoms with Crippen LogP contribution < -0.4 is 10.5 Å². The van der Waals surface area contributed by atoms with Gasteiger partial charge in [0.05, 0.1) is 12.3 Å². The number of nitrogens with two attached hydrogens (primary N) is 1. The number of alkyl halides is 1. The van der Waals surface area contributed by atoms with E-state index in [0.717, 1.165) is 6.26 Å². The van der Waals surface area contributed by atoms with E-state index in [-0.39, 0.29) is 11.8 Å². The number of hydrogen-bond acceptors (Lipinski definition) is 3. The fraction of sp³-hybridized carbons (Fsp3) is 0.800. The highest BCUT2D eigenvalue weighted by Gasteiger charge is 2.37. The van der Waals surface area contributed by atoms with Gasteiger partial charge in [-0.2, -0.15) is 0 Å². The molecule has 1 aliphatic rings. The van der Waals surface area contributed by atoms with Gasteiger partial charge in [0.25, 0.3) is 0 Å². The second-order valence-electron chi connectivity index (χ2n) is 4.40. The normalized spacial score (nSPS) is 35.9. The minimum absolute atomic E-state index is 0.107. The highest BCUT2D eigenvalue weighted by Crippen LogP contribution is 2.32. The van der Waals surface area contributed by atoms with Crippen molar-refractivity contribution in [1.29, 1.82) is 0 Å². The second kappa shape index (κ2) is 5.25. The Balaban J connectivity index is 2.78. The quantitative estimate of drug-likeness (QED) is 0.710. The second-order valence-corrected chi connectivity index (χ2v) is 6.18. The molecule has 0 saturated heterocycles. The van der Waals surface area contributed by atoms with E-state index in [0.29, 0.717) is 19.4 Å². The first-order valence-corrected chi connectivity index (χ1v) is 7.20. The fourth-order valence-electron chi connectivity index (χ4n) is 2.20. The molecular weight excluding hydrogens is 231 g/mol. The molecule has 0 bridgehead atoms. The van der Waals surface area contributed by atoms with Gasteiger partial charge in [-0.05, 0) is 31.2 Å². The van der Waals surface area contributed by atoms with E-state index in [1.807, 2.05) is 0 Å². The lowest BCUT2D eigenvalue weighted by atomic mass is 9.77. The van der Waals surface area contributed by atoms with Gasteiger partial charge in [-0.15, -0.1) is 6.58 Å². The molecule has 0 heterocycles. The Morgan fingerprint density at radius 1 is 1.56 bits per heavy atom. The van der Waals surface area contributed by atoms with Crippen LogP contribution in [0.3, 0.4) is 0 Å². The van der Waals surface area contributed by atoms with E-state index in [1.54, 1.807) is 6.08 Å². The molecule has 0 aliphatic heterocycles. The number of nitrogens with one attached hydrogen (secondary N) is 1. The summed E-state index contributed by atoms with van der Waals surface area (Å²) in [5, 5.41) is 0. The molecule has 0 radical (unpaired) electrons. The summed E-state index contributed by atoms with van der Waals surface area (Å²) < 4.78 is 38.4. The summed E-state index contributed by atoms with van der Waals surface area (Å²) in [6, 6.07) is -0.699. The van der Waals surface area contributed by atoms with Crippen LogP contribution in [0.25, 0.3) is 0 Å². The lowest BCUT2D eigenvalue weighted by Crippen LogP contribution is -2.50. The zero-order chi connectivity index (χ0) is 12.3. The molecule has 16 heavy (non-hydrogen) atoms. The summed E-state index contributed by atoms with van der Waals surface area (Å²) in [6.45, 7) is 4.05. The molecule has 4 atom stereocenters. The maximum atomic E-state index is 13.8. The Labute approximate surface area is 96.1 Å². The largest absolute Gasteiger partial charge is 0.330 e. The predicted octanol–water partition coefficient (Wildman–Crippen LogP) is 0.413. The van der Waals surface area contributed by atoms with Crippen LogP contribution in [-0.4, -0.2) is 33.4 Å². The zero-order valence-corrected chi connectivity index (χ0v) is 10.2. The van der Waals surface area contributed by atoms with E-state index in [1.165, 1.54) is 0 Å². The van der Waals surface area contributed by atoms with Crippen molar-refractivity contribution >= 4 is 10.0 Å². The minimum atomic E-state index is -3.39. The molecule has 1 saturated carbocycles. The van der Waals surface area contributed by atoms with Gasteiger partial charge < -0.3 is 5.73 Å². The summed E-state index contributed by atoms with van der Waals surface area (Å²) >= 11 is 0. The van der Waals surface area contributed by atoms with Gasteiger partial charge in [0.2, 0.25) is 10.0 Å². The zero-order valence-electron chi connectivity index (χ0n) is 9.40. The lowest BCUT2D eigenvalue weighted by Gasteiger charge is -2.36. The third kappa shape index (κ3) is 3.54. The molecule has 4 nitrogen and oxygen atoms in total. The topological polar surface area (TPSA) is 72.2 Å². The standard InChI is InChI=1S/C10H19FN2O2S/c1-3-8-4-7(6-12)5-9(11)10(8)13-16(2,14)15/h3,7-10,13H,1,4-6,12H2,2H3. The minimum Gasteiger partial charge on any atom is -0.330 e. The molecule has 0 amide bonds. The molecule has 3 N–H and O–H groups in total. The molecule has 1 rings (SSSR count). The van der Waals surface area contributed by atoms with E-state index >= 15 is 0 Å². The van der Waals surface area contributed by atoms with Gasteiger partial charge in [-0.1, -0.05) is 6.08 Å². The number of halogens is 1. The van der Waals surface area contributed by atoms with Crippen LogP contribution >= 0.6 is 0 Å².